The minimum absolute atomic E-state index is 0.0775. The molecule has 2 saturated carbocycles. The van der Waals surface area contributed by atoms with Crippen LogP contribution in [0.15, 0.2) is 41.0 Å². The van der Waals surface area contributed by atoms with Gasteiger partial charge in [-0.05, 0) is 50.7 Å². The summed E-state index contributed by atoms with van der Waals surface area (Å²) in [6.45, 7) is 2.78. The second kappa shape index (κ2) is 6.90. The van der Waals surface area contributed by atoms with Gasteiger partial charge in [0, 0.05) is 30.6 Å². The number of rotatable bonds is 7. The van der Waals surface area contributed by atoms with Gasteiger partial charge in [-0.2, -0.15) is 0 Å². The van der Waals surface area contributed by atoms with Crippen molar-refractivity contribution < 1.29 is 9.21 Å². The molecule has 5 heteroatoms. The Morgan fingerprint density at radius 3 is 2.72 bits per heavy atom. The van der Waals surface area contributed by atoms with Crippen LogP contribution in [-0.2, 0) is 6.42 Å². The average Bonchev–Trinajstić information content (AvgIpc) is 3.55. The molecule has 2 fully saturated rings. The first-order valence-electron chi connectivity index (χ1n) is 9.28. The van der Waals surface area contributed by atoms with E-state index in [1.807, 2.05) is 30.3 Å². The van der Waals surface area contributed by atoms with Gasteiger partial charge >= 0.3 is 6.03 Å². The lowest BCUT2D eigenvalue weighted by Crippen LogP contribution is -2.47. The van der Waals surface area contributed by atoms with Gasteiger partial charge in [0.15, 0.2) is 0 Å². The summed E-state index contributed by atoms with van der Waals surface area (Å²) >= 11 is 0. The number of hydrogen-bond acceptors (Lipinski definition) is 3. The maximum absolute atomic E-state index is 12.6. The van der Waals surface area contributed by atoms with Crippen LogP contribution in [0.2, 0.25) is 0 Å². The maximum atomic E-state index is 12.6. The third-order valence-electron chi connectivity index (χ3n) is 5.15. The number of aromatic nitrogens is 1. The Hall–Kier alpha value is -2.30. The van der Waals surface area contributed by atoms with Crippen molar-refractivity contribution in [2.75, 3.05) is 6.54 Å². The molecule has 0 bridgehead atoms. The van der Waals surface area contributed by atoms with E-state index in [1.54, 1.807) is 6.26 Å². The molecule has 0 aliphatic heterocycles. The van der Waals surface area contributed by atoms with Gasteiger partial charge in [0.05, 0.1) is 5.69 Å². The van der Waals surface area contributed by atoms with Crippen LogP contribution in [-0.4, -0.2) is 34.5 Å². The summed E-state index contributed by atoms with van der Waals surface area (Å²) in [5.74, 6) is 1.33. The molecule has 5 nitrogen and oxygen atoms in total. The molecule has 25 heavy (non-hydrogen) atoms. The Balaban J connectivity index is 1.30. The monoisotopic (exact) mass is 339 g/mol. The average molecular weight is 339 g/mol. The van der Waals surface area contributed by atoms with Crippen LogP contribution < -0.4 is 5.32 Å². The minimum atomic E-state index is 0.0775. The molecule has 2 aliphatic rings. The summed E-state index contributed by atoms with van der Waals surface area (Å²) in [5.41, 5.74) is 1.84. The molecule has 2 aromatic rings. The highest BCUT2D eigenvalue weighted by Crippen LogP contribution is 2.39. The largest absolute Gasteiger partial charge is 0.444 e. The van der Waals surface area contributed by atoms with Gasteiger partial charge < -0.3 is 14.6 Å². The molecule has 4 rings (SSSR count). The van der Waals surface area contributed by atoms with Crippen LogP contribution in [0.3, 0.4) is 0 Å². The standard InChI is InChI=1S/C20H25N3O2/c1-14(15-7-8-15)23(18-9-10-18)20(24)21-12-11-17-13-25-19(22-17)16-5-3-2-4-6-16/h2-6,13-15,18H,7-12H2,1H3,(H,21,24). The number of carbonyl (C=O) groups is 1. The Morgan fingerprint density at radius 2 is 2.04 bits per heavy atom. The van der Waals surface area contributed by atoms with Crippen molar-refractivity contribution in [2.45, 2.75) is 51.1 Å². The van der Waals surface area contributed by atoms with E-state index in [-0.39, 0.29) is 6.03 Å². The number of carbonyl (C=O) groups excluding carboxylic acids is 1. The molecule has 1 unspecified atom stereocenters. The summed E-state index contributed by atoms with van der Waals surface area (Å²) in [5, 5.41) is 3.07. The van der Waals surface area contributed by atoms with Crippen LogP contribution in [0.5, 0.6) is 0 Å². The van der Waals surface area contributed by atoms with Crippen LogP contribution in [0.4, 0.5) is 4.79 Å². The Labute approximate surface area is 148 Å². The minimum Gasteiger partial charge on any atom is -0.444 e. The zero-order valence-corrected chi connectivity index (χ0v) is 14.6. The molecule has 2 aliphatic carbocycles. The highest BCUT2D eigenvalue weighted by molar-refractivity contribution is 5.75. The first-order valence-corrected chi connectivity index (χ1v) is 9.28. The Bertz CT molecular complexity index is 720. The molecule has 1 heterocycles. The Kier molecular flexibility index (Phi) is 4.47. The lowest BCUT2D eigenvalue weighted by Gasteiger charge is -2.29. The molecule has 0 saturated heterocycles. The van der Waals surface area contributed by atoms with Crippen molar-refractivity contribution in [3.63, 3.8) is 0 Å². The maximum Gasteiger partial charge on any atom is 0.317 e. The fraction of sp³-hybridized carbons (Fsp3) is 0.500. The van der Waals surface area contributed by atoms with Crippen LogP contribution >= 0.6 is 0 Å². The highest BCUT2D eigenvalue weighted by atomic mass is 16.3. The second-order valence-electron chi connectivity index (χ2n) is 7.21. The van der Waals surface area contributed by atoms with Crippen LogP contribution in [0.1, 0.15) is 38.3 Å². The molecule has 1 atom stereocenters. The molecule has 1 N–H and O–H groups in total. The van der Waals surface area contributed by atoms with Gasteiger partial charge in [0.1, 0.15) is 6.26 Å². The van der Waals surface area contributed by atoms with E-state index >= 15 is 0 Å². The third kappa shape index (κ3) is 3.86. The summed E-state index contributed by atoms with van der Waals surface area (Å²) in [4.78, 5) is 19.2. The van der Waals surface area contributed by atoms with Crippen molar-refractivity contribution in [2.24, 2.45) is 5.92 Å². The molecule has 1 aromatic carbocycles. The first kappa shape index (κ1) is 16.2. The van der Waals surface area contributed by atoms with Crippen molar-refractivity contribution >= 4 is 6.03 Å². The first-order chi connectivity index (χ1) is 12.2. The normalized spacial score (nSPS) is 18.0. The zero-order valence-electron chi connectivity index (χ0n) is 14.6. The van der Waals surface area contributed by atoms with Crippen molar-refractivity contribution in [1.29, 1.82) is 0 Å². The molecule has 0 spiro atoms. The molecular formula is C20H25N3O2. The molecular weight excluding hydrogens is 314 g/mol. The molecule has 0 radical (unpaired) electrons. The summed E-state index contributed by atoms with van der Waals surface area (Å²) in [6.07, 6.45) is 7.18. The van der Waals surface area contributed by atoms with E-state index in [9.17, 15) is 4.79 Å². The summed E-state index contributed by atoms with van der Waals surface area (Å²) in [6, 6.07) is 10.7. The quantitative estimate of drug-likeness (QED) is 0.833. The topological polar surface area (TPSA) is 58.4 Å². The smallest absolute Gasteiger partial charge is 0.317 e. The number of oxazole rings is 1. The van der Waals surface area contributed by atoms with E-state index < -0.39 is 0 Å². The lowest BCUT2D eigenvalue weighted by molar-refractivity contribution is 0.167. The van der Waals surface area contributed by atoms with E-state index in [2.05, 4.69) is 22.1 Å². The third-order valence-corrected chi connectivity index (χ3v) is 5.15. The van der Waals surface area contributed by atoms with Crippen LogP contribution in [0, 0.1) is 5.92 Å². The van der Waals surface area contributed by atoms with E-state index in [0.717, 1.165) is 24.1 Å². The number of urea groups is 1. The SMILES string of the molecule is CC(C1CC1)N(C(=O)NCCc1coc(-c2ccccc2)n1)C1CC1. The lowest BCUT2D eigenvalue weighted by atomic mass is 10.2. The fourth-order valence-electron chi connectivity index (χ4n) is 3.37. The number of amides is 2. The molecule has 1 aromatic heterocycles. The van der Waals surface area contributed by atoms with Gasteiger partial charge in [-0.1, -0.05) is 18.2 Å². The van der Waals surface area contributed by atoms with E-state index in [1.165, 1.54) is 12.8 Å². The van der Waals surface area contributed by atoms with Gasteiger partial charge in [0.2, 0.25) is 5.89 Å². The number of benzene rings is 1. The number of hydrogen-bond donors (Lipinski definition) is 1. The Morgan fingerprint density at radius 1 is 1.28 bits per heavy atom. The predicted molar refractivity (Wildman–Crippen MR) is 96.1 cm³/mol. The second-order valence-corrected chi connectivity index (χ2v) is 7.21. The van der Waals surface area contributed by atoms with Crippen molar-refractivity contribution in [1.82, 2.24) is 15.2 Å². The summed E-state index contributed by atoms with van der Waals surface area (Å²) in [7, 11) is 0. The predicted octanol–water partition coefficient (Wildman–Crippen LogP) is 3.86. The zero-order chi connectivity index (χ0) is 17.2. The van der Waals surface area contributed by atoms with E-state index in [0.29, 0.717) is 36.9 Å². The van der Waals surface area contributed by atoms with Crippen molar-refractivity contribution in [3.8, 4) is 11.5 Å². The van der Waals surface area contributed by atoms with Crippen LogP contribution in [0.25, 0.3) is 11.5 Å². The highest BCUT2D eigenvalue weighted by Gasteiger charge is 2.41. The van der Waals surface area contributed by atoms with Gasteiger partial charge in [-0.15, -0.1) is 0 Å². The van der Waals surface area contributed by atoms with Gasteiger partial charge in [0.25, 0.3) is 0 Å². The molecule has 132 valence electrons. The number of nitrogens with zero attached hydrogens (tertiary/aromatic N) is 2. The van der Waals surface area contributed by atoms with Crippen molar-refractivity contribution in [3.05, 3.63) is 42.3 Å². The van der Waals surface area contributed by atoms with Gasteiger partial charge in [-0.3, -0.25) is 0 Å². The van der Waals surface area contributed by atoms with E-state index in [4.69, 9.17) is 4.42 Å². The van der Waals surface area contributed by atoms with Gasteiger partial charge in [-0.25, -0.2) is 9.78 Å². The summed E-state index contributed by atoms with van der Waals surface area (Å²) < 4.78 is 5.55. The molecule has 2 amide bonds. The fourth-order valence-corrected chi connectivity index (χ4v) is 3.37. The number of nitrogens with one attached hydrogen (secondary N) is 1.